The molecule has 0 aliphatic carbocycles. The lowest BCUT2D eigenvalue weighted by Crippen LogP contribution is -2.32. The first-order valence-corrected chi connectivity index (χ1v) is 11.2. The molecule has 1 heterocycles. The van der Waals surface area contributed by atoms with Crippen molar-refractivity contribution in [3.05, 3.63) is 63.2 Å². The van der Waals surface area contributed by atoms with Gasteiger partial charge in [0.2, 0.25) is 0 Å². The van der Waals surface area contributed by atoms with Gasteiger partial charge in [-0.2, -0.15) is 0 Å². The predicted molar refractivity (Wildman–Crippen MR) is 123 cm³/mol. The van der Waals surface area contributed by atoms with Crippen molar-refractivity contribution in [2.45, 2.75) is 39.5 Å². The Labute approximate surface area is 184 Å². The molecule has 0 saturated carbocycles. The van der Waals surface area contributed by atoms with Crippen LogP contribution >= 0.6 is 22.9 Å². The number of fused-ring (bicyclic) bond motifs is 1. The van der Waals surface area contributed by atoms with Crippen LogP contribution in [0.25, 0.3) is 10.2 Å². The monoisotopic (exact) mass is 445 g/mol. The van der Waals surface area contributed by atoms with Crippen LogP contribution in [0.2, 0.25) is 5.02 Å². The molecule has 1 aromatic heterocycles. The van der Waals surface area contributed by atoms with E-state index in [4.69, 9.17) is 11.6 Å². The first-order chi connectivity index (χ1) is 14.4. The molecular formula is C22H24ClN3O3S. The summed E-state index contributed by atoms with van der Waals surface area (Å²) in [6, 6.07) is 11.7. The molecule has 0 fully saturated rings. The zero-order valence-corrected chi connectivity index (χ0v) is 18.6. The fourth-order valence-corrected chi connectivity index (χ4v) is 4.41. The number of unbranched alkanes of at least 4 members (excludes halogenated alkanes) is 1. The third kappa shape index (κ3) is 5.15. The molecule has 0 saturated heterocycles. The Hall–Kier alpha value is -2.51. The first kappa shape index (κ1) is 22.2. The van der Waals surface area contributed by atoms with Gasteiger partial charge in [0.15, 0.2) is 5.13 Å². The largest absolute Gasteiger partial charge is 0.284 e. The van der Waals surface area contributed by atoms with Crippen molar-refractivity contribution in [1.29, 1.82) is 0 Å². The molecule has 6 nitrogen and oxygen atoms in total. The number of thiazole rings is 1. The molecule has 1 unspecified atom stereocenters. The second-order valence-corrected chi connectivity index (χ2v) is 8.77. The molecular weight excluding hydrogens is 422 g/mol. The van der Waals surface area contributed by atoms with Gasteiger partial charge in [-0.15, -0.1) is 0 Å². The van der Waals surface area contributed by atoms with Crippen molar-refractivity contribution in [2.24, 2.45) is 5.92 Å². The summed E-state index contributed by atoms with van der Waals surface area (Å²) in [7, 11) is 0. The molecule has 3 aromatic rings. The summed E-state index contributed by atoms with van der Waals surface area (Å²) in [4.78, 5) is 30.1. The Bertz CT molecular complexity index is 1020. The number of aromatic nitrogens is 1. The van der Waals surface area contributed by atoms with Crippen LogP contribution in [0, 0.1) is 16.0 Å². The Morgan fingerprint density at radius 2 is 2.03 bits per heavy atom. The van der Waals surface area contributed by atoms with Gasteiger partial charge in [-0.25, -0.2) is 4.98 Å². The number of amides is 1. The standard InChI is InChI=1S/C22H24ClN3O3S/c1-3-15(2)8-6-7-13-25(22-24-19-9-4-5-10-20(19)30-22)21(27)17-12-11-16(26(28)29)14-18(17)23/h4-5,9-12,14-15H,3,6-8,13H2,1-2H3. The number of rotatable bonds is 9. The molecule has 8 heteroatoms. The molecule has 0 spiro atoms. The number of hydrogen-bond donors (Lipinski definition) is 0. The van der Waals surface area contributed by atoms with E-state index in [0.29, 0.717) is 17.6 Å². The van der Waals surface area contributed by atoms with E-state index in [1.807, 2.05) is 24.3 Å². The van der Waals surface area contributed by atoms with Gasteiger partial charge < -0.3 is 0 Å². The van der Waals surface area contributed by atoms with Crippen LogP contribution in [-0.2, 0) is 0 Å². The lowest BCUT2D eigenvalue weighted by Gasteiger charge is -2.21. The third-order valence-electron chi connectivity index (χ3n) is 5.18. The van der Waals surface area contributed by atoms with E-state index in [0.717, 1.165) is 35.9 Å². The average Bonchev–Trinajstić information content (AvgIpc) is 3.16. The Morgan fingerprint density at radius 3 is 2.70 bits per heavy atom. The van der Waals surface area contributed by atoms with E-state index in [2.05, 4.69) is 18.8 Å². The highest BCUT2D eigenvalue weighted by Gasteiger charge is 2.24. The van der Waals surface area contributed by atoms with E-state index in [9.17, 15) is 14.9 Å². The minimum atomic E-state index is -0.527. The molecule has 1 atom stereocenters. The van der Waals surface area contributed by atoms with E-state index in [1.54, 1.807) is 4.90 Å². The third-order valence-corrected chi connectivity index (χ3v) is 6.55. The zero-order valence-electron chi connectivity index (χ0n) is 17.0. The summed E-state index contributed by atoms with van der Waals surface area (Å²) in [6.45, 7) is 4.92. The minimum absolute atomic E-state index is 0.0694. The van der Waals surface area contributed by atoms with E-state index in [1.165, 1.54) is 29.5 Å². The number of nitro benzene ring substituents is 1. The maximum atomic E-state index is 13.3. The average molecular weight is 446 g/mol. The number of carbonyl (C=O) groups is 1. The van der Waals surface area contributed by atoms with Crippen LogP contribution in [-0.4, -0.2) is 22.4 Å². The first-order valence-electron chi connectivity index (χ1n) is 10.0. The molecule has 0 radical (unpaired) electrons. The number of carbonyl (C=O) groups excluding carboxylic acids is 1. The summed E-state index contributed by atoms with van der Waals surface area (Å²) in [5.41, 5.74) is 0.935. The highest BCUT2D eigenvalue weighted by molar-refractivity contribution is 7.22. The van der Waals surface area contributed by atoms with Crippen molar-refractivity contribution in [2.75, 3.05) is 11.4 Å². The lowest BCUT2D eigenvalue weighted by atomic mass is 10.0. The van der Waals surface area contributed by atoms with E-state index >= 15 is 0 Å². The topological polar surface area (TPSA) is 76.3 Å². The molecule has 0 aliphatic rings. The Morgan fingerprint density at radius 1 is 1.27 bits per heavy atom. The second kappa shape index (κ2) is 10.00. The van der Waals surface area contributed by atoms with E-state index in [-0.39, 0.29) is 22.2 Å². The van der Waals surface area contributed by atoms with Gasteiger partial charge >= 0.3 is 0 Å². The van der Waals surface area contributed by atoms with Crippen LogP contribution in [0.5, 0.6) is 0 Å². The van der Waals surface area contributed by atoms with Crippen LogP contribution in [0.15, 0.2) is 42.5 Å². The van der Waals surface area contributed by atoms with Crippen molar-refractivity contribution in [3.8, 4) is 0 Å². The molecule has 0 bridgehead atoms. The lowest BCUT2D eigenvalue weighted by molar-refractivity contribution is -0.384. The predicted octanol–water partition coefficient (Wildman–Crippen LogP) is 6.72. The molecule has 1 amide bonds. The summed E-state index contributed by atoms with van der Waals surface area (Å²) < 4.78 is 1.000. The number of hydrogen-bond acceptors (Lipinski definition) is 5. The molecule has 0 N–H and O–H groups in total. The van der Waals surface area contributed by atoms with Gasteiger partial charge in [-0.05, 0) is 30.5 Å². The summed E-state index contributed by atoms with van der Waals surface area (Å²) in [5.74, 6) is 0.359. The van der Waals surface area contributed by atoms with Crippen LogP contribution in [0.3, 0.4) is 0 Å². The highest BCUT2D eigenvalue weighted by atomic mass is 35.5. The second-order valence-electron chi connectivity index (χ2n) is 7.35. The number of para-hydroxylation sites is 1. The SMILES string of the molecule is CCC(C)CCCCN(C(=O)c1ccc([N+](=O)[O-])cc1Cl)c1nc2ccccc2s1. The molecule has 2 aromatic carbocycles. The summed E-state index contributed by atoms with van der Waals surface area (Å²) in [5, 5.41) is 11.7. The zero-order chi connectivity index (χ0) is 21.7. The van der Waals surface area contributed by atoms with Gasteiger partial charge in [0.05, 0.1) is 25.7 Å². The smallest absolute Gasteiger partial charge is 0.270 e. The summed E-state index contributed by atoms with van der Waals surface area (Å²) in [6.07, 6.45) is 4.10. The van der Waals surface area contributed by atoms with Gasteiger partial charge in [0.1, 0.15) is 0 Å². The molecule has 30 heavy (non-hydrogen) atoms. The number of non-ortho nitro benzene ring substituents is 1. The maximum Gasteiger partial charge on any atom is 0.270 e. The van der Waals surface area contributed by atoms with Crippen molar-refractivity contribution < 1.29 is 9.72 Å². The van der Waals surface area contributed by atoms with Gasteiger partial charge in [-0.1, -0.05) is 68.2 Å². The van der Waals surface area contributed by atoms with Crippen molar-refractivity contribution in [3.63, 3.8) is 0 Å². The number of halogens is 1. The van der Waals surface area contributed by atoms with Crippen molar-refractivity contribution >= 4 is 49.9 Å². The number of nitro groups is 1. The quantitative estimate of drug-likeness (QED) is 0.208. The van der Waals surface area contributed by atoms with Crippen LogP contribution in [0.1, 0.15) is 49.9 Å². The normalized spacial score (nSPS) is 12.1. The van der Waals surface area contributed by atoms with Gasteiger partial charge in [0, 0.05) is 18.7 Å². The van der Waals surface area contributed by atoms with Crippen LogP contribution in [0.4, 0.5) is 10.8 Å². The number of anilines is 1. The minimum Gasteiger partial charge on any atom is -0.284 e. The van der Waals surface area contributed by atoms with E-state index < -0.39 is 4.92 Å². The molecule has 3 rings (SSSR count). The van der Waals surface area contributed by atoms with Crippen molar-refractivity contribution in [1.82, 2.24) is 4.98 Å². The van der Waals surface area contributed by atoms with Crippen LogP contribution < -0.4 is 4.90 Å². The fraction of sp³-hybridized carbons (Fsp3) is 0.364. The Balaban J connectivity index is 1.88. The molecule has 158 valence electrons. The number of nitrogens with zero attached hydrogens (tertiary/aromatic N) is 3. The fourth-order valence-electron chi connectivity index (χ4n) is 3.16. The maximum absolute atomic E-state index is 13.3. The van der Waals surface area contributed by atoms with Gasteiger partial charge in [-0.3, -0.25) is 19.8 Å². The number of benzene rings is 2. The highest BCUT2D eigenvalue weighted by Crippen LogP contribution is 2.32. The van der Waals surface area contributed by atoms with Gasteiger partial charge in [0.25, 0.3) is 11.6 Å². The summed E-state index contributed by atoms with van der Waals surface area (Å²) >= 11 is 7.69. The molecule has 0 aliphatic heterocycles. The Kier molecular flexibility index (Phi) is 7.39.